The maximum atomic E-state index is 12.3. The summed E-state index contributed by atoms with van der Waals surface area (Å²) in [6.07, 6.45) is 2.25. The van der Waals surface area contributed by atoms with Gasteiger partial charge < -0.3 is 10.1 Å². The number of thioether (sulfide) groups is 1. The van der Waals surface area contributed by atoms with Crippen LogP contribution >= 0.6 is 11.8 Å². The largest absolute Gasteiger partial charge is 0.454 e. The zero-order valence-corrected chi connectivity index (χ0v) is 15.8. The number of hydrogen-bond acceptors (Lipinski definition) is 6. The topological polar surface area (TPSA) is 114 Å². The molecule has 8 nitrogen and oxygen atoms in total. The highest BCUT2D eigenvalue weighted by molar-refractivity contribution is 7.98. The van der Waals surface area contributed by atoms with Gasteiger partial charge in [-0.2, -0.15) is 11.8 Å². The Kier molecular flexibility index (Phi) is 9.21. The molecule has 0 saturated heterocycles. The Morgan fingerprint density at radius 2 is 1.92 bits per heavy atom. The van der Waals surface area contributed by atoms with Crippen molar-refractivity contribution >= 4 is 35.5 Å². The third-order valence-corrected chi connectivity index (χ3v) is 3.85. The van der Waals surface area contributed by atoms with Crippen molar-refractivity contribution in [2.75, 3.05) is 18.6 Å². The summed E-state index contributed by atoms with van der Waals surface area (Å²) in [5, 5.41) is 2.64. The number of ether oxygens (including phenoxy) is 1. The van der Waals surface area contributed by atoms with Crippen molar-refractivity contribution < 1.29 is 23.9 Å². The number of hydrazine groups is 1. The van der Waals surface area contributed by atoms with Gasteiger partial charge in [-0.3, -0.25) is 25.2 Å². The van der Waals surface area contributed by atoms with Crippen molar-refractivity contribution in [1.29, 1.82) is 0 Å². The number of aryl methyl sites for hydroxylation is 1. The van der Waals surface area contributed by atoms with Crippen LogP contribution in [-0.2, 0) is 19.1 Å². The summed E-state index contributed by atoms with van der Waals surface area (Å²) in [7, 11) is 0. The summed E-state index contributed by atoms with van der Waals surface area (Å²) >= 11 is 1.52. The summed E-state index contributed by atoms with van der Waals surface area (Å²) in [5.74, 6) is -1.60. The lowest BCUT2D eigenvalue weighted by Crippen LogP contribution is -2.45. The lowest BCUT2D eigenvalue weighted by molar-refractivity contribution is -0.150. The van der Waals surface area contributed by atoms with E-state index in [1.807, 2.05) is 19.2 Å². The fourth-order valence-electron chi connectivity index (χ4n) is 1.94. The molecule has 0 spiro atoms. The molecule has 0 bridgehead atoms. The number of esters is 1. The maximum absolute atomic E-state index is 12.3. The number of nitrogens with one attached hydrogen (secondary N) is 3. The van der Waals surface area contributed by atoms with E-state index >= 15 is 0 Å². The van der Waals surface area contributed by atoms with Gasteiger partial charge in [0.05, 0.1) is 0 Å². The average Bonchev–Trinajstić information content (AvgIpc) is 2.61. The highest BCUT2D eigenvalue weighted by atomic mass is 32.2. The number of carbonyl (C=O) groups excluding carboxylic acids is 4. The van der Waals surface area contributed by atoms with Crippen molar-refractivity contribution in [3.05, 3.63) is 35.4 Å². The SMILES string of the molecule is CSCC[C@H](NC(=O)c1cccc(C)c1)C(=O)OCC(=O)NNC(C)=O. The molecule has 9 heteroatoms. The molecular formula is C17H23N3O5S. The predicted octanol–water partition coefficient (Wildman–Crippen LogP) is 0.557. The third kappa shape index (κ3) is 8.02. The standard InChI is InChI=1S/C17H23N3O5S/c1-11-5-4-6-13(9-11)16(23)18-14(7-8-26-3)17(24)25-10-15(22)20-19-12(2)21/h4-6,9,14H,7-8,10H2,1-3H3,(H,18,23)(H,19,21)(H,20,22)/t14-/m0/s1. The van der Waals surface area contributed by atoms with Crippen LogP contribution in [0.4, 0.5) is 0 Å². The fourth-order valence-corrected chi connectivity index (χ4v) is 2.42. The van der Waals surface area contributed by atoms with Crippen molar-refractivity contribution in [3.63, 3.8) is 0 Å². The molecule has 1 aromatic rings. The van der Waals surface area contributed by atoms with Gasteiger partial charge >= 0.3 is 5.97 Å². The Bertz CT molecular complexity index is 666. The van der Waals surface area contributed by atoms with Gasteiger partial charge in [-0.1, -0.05) is 17.7 Å². The maximum Gasteiger partial charge on any atom is 0.329 e. The Hall–Kier alpha value is -2.55. The normalized spacial score (nSPS) is 11.2. The summed E-state index contributed by atoms with van der Waals surface area (Å²) < 4.78 is 4.93. The van der Waals surface area contributed by atoms with Gasteiger partial charge in [0.15, 0.2) is 6.61 Å². The Balaban J connectivity index is 2.64. The van der Waals surface area contributed by atoms with Gasteiger partial charge in [0.2, 0.25) is 5.91 Å². The Labute approximate surface area is 156 Å². The molecule has 0 saturated carbocycles. The van der Waals surface area contributed by atoms with Crippen LogP contribution in [0.3, 0.4) is 0 Å². The number of carbonyl (C=O) groups is 4. The lowest BCUT2D eigenvalue weighted by Gasteiger charge is -2.17. The molecule has 1 rings (SSSR count). The number of amides is 3. The molecular weight excluding hydrogens is 358 g/mol. The summed E-state index contributed by atoms with van der Waals surface area (Å²) in [4.78, 5) is 46.7. The molecule has 0 aliphatic heterocycles. The van der Waals surface area contributed by atoms with Gasteiger partial charge in [0.25, 0.3) is 11.8 Å². The Morgan fingerprint density at radius 3 is 2.54 bits per heavy atom. The molecule has 0 aromatic heterocycles. The first-order valence-corrected chi connectivity index (χ1v) is 9.31. The van der Waals surface area contributed by atoms with E-state index in [4.69, 9.17) is 4.74 Å². The predicted molar refractivity (Wildman–Crippen MR) is 98.4 cm³/mol. The van der Waals surface area contributed by atoms with E-state index in [9.17, 15) is 19.2 Å². The van der Waals surface area contributed by atoms with Crippen LogP contribution < -0.4 is 16.2 Å². The molecule has 0 aliphatic rings. The minimum absolute atomic E-state index is 0.366. The quantitative estimate of drug-likeness (QED) is 0.448. The van der Waals surface area contributed by atoms with Crippen LogP contribution in [0.2, 0.25) is 0 Å². The molecule has 0 unspecified atom stereocenters. The smallest absolute Gasteiger partial charge is 0.329 e. The summed E-state index contributed by atoms with van der Waals surface area (Å²) in [6.45, 7) is 2.53. The molecule has 26 heavy (non-hydrogen) atoms. The second-order valence-electron chi connectivity index (χ2n) is 5.51. The van der Waals surface area contributed by atoms with Gasteiger partial charge in [0.1, 0.15) is 6.04 Å². The van der Waals surface area contributed by atoms with E-state index in [1.54, 1.807) is 18.2 Å². The minimum Gasteiger partial charge on any atom is -0.454 e. The molecule has 0 aliphatic carbocycles. The van der Waals surface area contributed by atoms with E-state index in [0.29, 0.717) is 17.7 Å². The zero-order chi connectivity index (χ0) is 19.5. The number of benzene rings is 1. The van der Waals surface area contributed by atoms with Crippen molar-refractivity contribution in [2.45, 2.75) is 26.3 Å². The molecule has 142 valence electrons. The molecule has 3 amide bonds. The van der Waals surface area contributed by atoms with E-state index < -0.39 is 30.4 Å². The van der Waals surface area contributed by atoms with Crippen LogP contribution in [-0.4, -0.2) is 48.3 Å². The Morgan fingerprint density at radius 1 is 1.19 bits per heavy atom. The van der Waals surface area contributed by atoms with Gasteiger partial charge in [0, 0.05) is 12.5 Å². The van der Waals surface area contributed by atoms with Gasteiger partial charge in [-0.05, 0) is 37.5 Å². The number of rotatable bonds is 8. The zero-order valence-electron chi connectivity index (χ0n) is 15.0. The van der Waals surface area contributed by atoms with E-state index in [2.05, 4.69) is 16.2 Å². The highest BCUT2D eigenvalue weighted by Crippen LogP contribution is 2.07. The first-order chi connectivity index (χ1) is 12.3. The molecule has 0 fully saturated rings. The average molecular weight is 381 g/mol. The highest BCUT2D eigenvalue weighted by Gasteiger charge is 2.23. The molecule has 1 aromatic carbocycles. The van der Waals surface area contributed by atoms with E-state index in [1.165, 1.54) is 18.7 Å². The van der Waals surface area contributed by atoms with Crippen LogP contribution in [0.15, 0.2) is 24.3 Å². The van der Waals surface area contributed by atoms with Crippen LogP contribution in [0.25, 0.3) is 0 Å². The van der Waals surface area contributed by atoms with Crippen molar-refractivity contribution in [3.8, 4) is 0 Å². The van der Waals surface area contributed by atoms with E-state index in [0.717, 1.165) is 5.56 Å². The first-order valence-electron chi connectivity index (χ1n) is 7.92. The lowest BCUT2D eigenvalue weighted by atomic mass is 10.1. The first kappa shape index (κ1) is 21.5. The number of hydrogen-bond donors (Lipinski definition) is 3. The second-order valence-corrected chi connectivity index (χ2v) is 6.50. The molecule has 3 N–H and O–H groups in total. The molecule has 0 heterocycles. The van der Waals surface area contributed by atoms with Crippen molar-refractivity contribution in [2.24, 2.45) is 0 Å². The summed E-state index contributed by atoms with van der Waals surface area (Å²) in [5.41, 5.74) is 5.54. The molecule has 0 radical (unpaired) electrons. The third-order valence-electron chi connectivity index (χ3n) is 3.20. The summed E-state index contributed by atoms with van der Waals surface area (Å²) in [6, 6.07) is 6.12. The monoisotopic (exact) mass is 381 g/mol. The van der Waals surface area contributed by atoms with Crippen LogP contribution in [0, 0.1) is 6.92 Å². The second kappa shape index (κ2) is 11.1. The van der Waals surface area contributed by atoms with E-state index in [-0.39, 0.29) is 5.91 Å². The van der Waals surface area contributed by atoms with Gasteiger partial charge in [-0.15, -0.1) is 0 Å². The van der Waals surface area contributed by atoms with Crippen molar-refractivity contribution in [1.82, 2.24) is 16.2 Å². The fraction of sp³-hybridized carbons (Fsp3) is 0.412. The molecule has 1 atom stereocenters. The van der Waals surface area contributed by atoms with Gasteiger partial charge in [-0.25, -0.2) is 4.79 Å². The van der Waals surface area contributed by atoms with Crippen LogP contribution in [0.1, 0.15) is 29.3 Å². The minimum atomic E-state index is -0.871. The van der Waals surface area contributed by atoms with Crippen LogP contribution in [0.5, 0.6) is 0 Å².